The van der Waals surface area contributed by atoms with Crippen LogP contribution in [0.25, 0.3) is 0 Å². The van der Waals surface area contributed by atoms with E-state index in [1.54, 1.807) is 0 Å². The molecule has 1 atom stereocenters. The van der Waals surface area contributed by atoms with Crippen molar-refractivity contribution in [3.63, 3.8) is 0 Å². The topological polar surface area (TPSA) is 101 Å². The van der Waals surface area contributed by atoms with E-state index >= 15 is 0 Å². The molecule has 126 valence electrons. The molecule has 1 unspecified atom stereocenters. The first-order chi connectivity index (χ1) is 9.80. The molecule has 0 spiro atoms. The number of carbonyl (C=O) groups is 1. The molecule has 5 nitrogen and oxygen atoms in total. The van der Waals surface area contributed by atoms with Crippen molar-refractivity contribution in [3.05, 3.63) is 0 Å². The molecule has 21 heavy (non-hydrogen) atoms. The molecular formula is C15H35N3O2Si. The minimum Gasteiger partial charge on any atom is -0.481 e. The Balaban J connectivity index is 3.77. The normalized spacial score (nSPS) is 13.6. The van der Waals surface area contributed by atoms with Gasteiger partial charge in [0.2, 0.25) is 0 Å². The van der Waals surface area contributed by atoms with E-state index in [9.17, 15) is 9.90 Å². The van der Waals surface area contributed by atoms with Crippen molar-refractivity contribution in [1.82, 2.24) is 5.32 Å². The Kier molecular flexibility index (Phi) is 10.9. The second-order valence-corrected chi connectivity index (χ2v) is 12.8. The van der Waals surface area contributed by atoms with Crippen LogP contribution in [0.15, 0.2) is 0 Å². The summed E-state index contributed by atoms with van der Waals surface area (Å²) in [5, 5.41) is 12.6. The summed E-state index contributed by atoms with van der Waals surface area (Å²) in [6.45, 7) is 9.87. The zero-order valence-corrected chi connectivity index (χ0v) is 15.0. The van der Waals surface area contributed by atoms with Gasteiger partial charge >= 0.3 is 5.97 Å². The molecular weight excluding hydrogens is 282 g/mol. The van der Waals surface area contributed by atoms with Crippen LogP contribution in [0.2, 0.25) is 25.7 Å². The average molecular weight is 318 g/mol. The summed E-state index contributed by atoms with van der Waals surface area (Å²) >= 11 is 0. The van der Waals surface area contributed by atoms with Crippen molar-refractivity contribution in [2.24, 2.45) is 23.3 Å². The molecule has 0 saturated carbocycles. The highest BCUT2D eigenvalue weighted by atomic mass is 28.3. The molecule has 0 radical (unpaired) electrons. The lowest BCUT2D eigenvalue weighted by atomic mass is 9.99. The van der Waals surface area contributed by atoms with Gasteiger partial charge in [0.1, 0.15) is 0 Å². The number of hydrogen-bond acceptors (Lipinski definition) is 4. The minimum atomic E-state index is -1.15. The van der Waals surface area contributed by atoms with Gasteiger partial charge in [-0.15, -0.1) is 0 Å². The number of aliphatic carboxylic acids is 1. The maximum Gasteiger partial charge on any atom is 0.306 e. The number of carboxylic acids is 1. The van der Waals surface area contributed by atoms with Crippen LogP contribution < -0.4 is 16.8 Å². The largest absolute Gasteiger partial charge is 0.481 e. The first-order valence-corrected chi connectivity index (χ1v) is 11.8. The third-order valence-corrected chi connectivity index (χ3v) is 5.64. The van der Waals surface area contributed by atoms with E-state index in [0.717, 1.165) is 44.8 Å². The van der Waals surface area contributed by atoms with Crippen molar-refractivity contribution < 1.29 is 9.90 Å². The van der Waals surface area contributed by atoms with E-state index in [0.29, 0.717) is 19.0 Å². The average Bonchev–Trinajstić information content (AvgIpc) is 2.39. The van der Waals surface area contributed by atoms with Crippen LogP contribution in [0.4, 0.5) is 0 Å². The number of rotatable bonds is 13. The maximum atomic E-state index is 11.3. The second-order valence-electron chi connectivity index (χ2n) is 7.17. The second kappa shape index (κ2) is 11.2. The third-order valence-electron chi connectivity index (χ3n) is 3.85. The Labute approximate surface area is 130 Å². The van der Waals surface area contributed by atoms with Crippen LogP contribution in [-0.4, -0.2) is 45.3 Å². The van der Waals surface area contributed by atoms with Gasteiger partial charge in [0.25, 0.3) is 0 Å². The molecule has 0 aromatic rings. The van der Waals surface area contributed by atoms with Gasteiger partial charge < -0.3 is 21.9 Å². The van der Waals surface area contributed by atoms with Gasteiger partial charge in [-0.3, -0.25) is 4.79 Å². The van der Waals surface area contributed by atoms with Gasteiger partial charge in [-0.1, -0.05) is 32.1 Å². The molecule has 0 fully saturated rings. The molecule has 0 saturated heterocycles. The maximum absolute atomic E-state index is 11.3. The Morgan fingerprint density at radius 2 is 1.76 bits per heavy atom. The van der Waals surface area contributed by atoms with Gasteiger partial charge in [0, 0.05) is 14.6 Å². The summed E-state index contributed by atoms with van der Waals surface area (Å²) in [6.07, 6.45) is 3.60. The van der Waals surface area contributed by atoms with Crippen molar-refractivity contribution in [2.75, 3.05) is 26.2 Å². The van der Waals surface area contributed by atoms with Crippen LogP contribution in [0.1, 0.15) is 25.7 Å². The molecule has 0 amide bonds. The molecule has 6 N–H and O–H groups in total. The molecule has 0 aliphatic carbocycles. The fourth-order valence-electron chi connectivity index (χ4n) is 2.21. The van der Waals surface area contributed by atoms with Gasteiger partial charge in [0.05, 0.1) is 5.92 Å². The Hall–Kier alpha value is -0.433. The molecule has 0 aromatic heterocycles. The molecule has 0 heterocycles. The zero-order chi connectivity index (χ0) is 16.3. The summed E-state index contributed by atoms with van der Waals surface area (Å²) in [5.74, 6) is -0.460. The van der Waals surface area contributed by atoms with Crippen LogP contribution in [0.3, 0.4) is 0 Å². The highest BCUT2D eigenvalue weighted by molar-refractivity contribution is 6.76. The molecule has 0 aliphatic heterocycles. The predicted molar refractivity (Wildman–Crippen MR) is 92.2 cm³/mol. The van der Waals surface area contributed by atoms with E-state index < -0.39 is 14.0 Å². The van der Waals surface area contributed by atoms with Crippen LogP contribution in [0.5, 0.6) is 0 Å². The first kappa shape index (κ1) is 20.6. The molecule has 0 rings (SSSR count). The van der Waals surface area contributed by atoms with Gasteiger partial charge in [0.15, 0.2) is 0 Å². The van der Waals surface area contributed by atoms with Gasteiger partial charge in [-0.25, -0.2) is 0 Å². The van der Waals surface area contributed by atoms with Crippen molar-refractivity contribution in [1.29, 1.82) is 0 Å². The monoisotopic (exact) mass is 317 g/mol. The van der Waals surface area contributed by atoms with E-state index in [-0.39, 0.29) is 5.92 Å². The fourth-order valence-corrected chi connectivity index (χ4v) is 3.42. The standard InChI is InChI=1S/C15H35N3O2Si/c1-21(2,3)9-7-14(15(19)20)6-4-5-8-18-12-13(10-16)11-17/h13-14,18H,4-12,16-17H2,1-3H3,(H,19,20). The lowest BCUT2D eigenvalue weighted by Crippen LogP contribution is -2.33. The SMILES string of the molecule is C[Si](C)(C)CCC(CCCCNCC(CN)CN)C(=O)O. The highest BCUT2D eigenvalue weighted by Gasteiger charge is 2.21. The van der Waals surface area contributed by atoms with Gasteiger partial charge in [-0.05, 0) is 44.8 Å². The fraction of sp³-hybridized carbons (Fsp3) is 0.933. The lowest BCUT2D eigenvalue weighted by molar-refractivity contribution is -0.142. The van der Waals surface area contributed by atoms with Crippen molar-refractivity contribution in [3.8, 4) is 0 Å². The summed E-state index contributed by atoms with van der Waals surface area (Å²) < 4.78 is 0. The molecule has 0 bridgehead atoms. The minimum absolute atomic E-state index is 0.169. The Morgan fingerprint density at radius 1 is 1.14 bits per heavy atom. The van der Waals surface area contributed by atoms with E-state index in [1.165, 1.54) is 0 Å². The number of nitrogens with one attached hydrogen (secondary N) is 1. The summed E-state index contributed by atoms with van der Waals surface area (Å²) in [5.41, 5.74) is 11.2. The van der Waals surface area contributed by atoms with Crippen molar-refractivity contribution in [2.45, 2.75) is 51.4 Å². The third kappa shape index (κ3) is 11.9. The van der Waals surface area contributed by atoms with Crippen molar-refractivity contribution >= 4 is 14.0 Å². The van der Waals surface area contributed by atoms with Crippen LogP contribution >= 0.6 is 0 Å². The zero-order valence-electron chi connectivity index (χ0n) is 14.0. The number of hydrogen-bond donors (Lipinski definition) is 4. The number of nitrogens with two attached hydrogens (primary N) is 2. The quantitative estimate of drug-likeness (QED) is 0.306. The molecule has 0 aromatic carbocycles. The molecule has 0 aliphatic rings. The van der Waals surface area contributed by atoms with E-state index in [1.807, 2.05) is 0 Å². The highest BCUT2D eigenvalue weighted by Crippen LogP contribution is 2.21. The van der Waals surface area contributed by atoms with Crippen LogP contribution in [0, 0.1) is 11.8 Å². The first-order valence-electron chi connectivity index (χ1n) is 8.13. The van der Waals surface area contributed by atoms with E-state index in [4.69, 9.17) is 11.5 Å². The van der Waals surface area contributed by atoms with Crippen LogP contribution in [-0.2, 0) is 4.79 Å². The number of carboxylic acid groups (broad SMARTS) is 1. The molecule has 6 heteroatoms. The Bertz CT molecular complexity index is 279. The Morgan fingerprint density at radius 3 is 2.24 bits per heavy atom. The number of unbranched alkanes of at least 4 members (excludes halogenated alkanes) is 1. The summed E-state index contributed by atoms with van der Waals surface area (Å²) in [6, 6.07) is 1.09. The smallest absolute Gasteiger partial charge is 0.306 e. The summed E-state index contributed by atoms with van der Waals surface area (Å²) in [4.78, 5) is 11.3. The van der Waals surface area contributed by atoms with Gasteiger partial charge in [-0.2, -0.15) is 0 Å². The predicted octanol–water partition coefficient (Wildman–Crippen LogP) is 1.71. The summed E-state index contributed by atoms with van der Waals surface area (Å²) in [7, 11) is -1.15. The van der Waals surface area contributed by atoms with E-state index in [2.05, 4.69) is 25.0 Å². The lowest BCUT2D eigenvalue weighted by Gasteiger charge is -2.19.